The molecule has 0 aliphatic heterocycles. The number of rotatable bonds is 4. The molecule has 3 rings (SSSR count). The zero-order valence-corrected chi connectivity index (χ0v) is 12.6. The van der Waals surface area contributed by atoms with E-state index in [0.29, 0.717) is 28.7 Å². The van der Waals surface area contributed by atoms with Crippen molar-refractivity contribution in [2.24, 2.45) is 5.73 Å². The average Bonchev–Trinajstić information content (AvgIpc) is 2.84. The first kappa shape index (κ1) is 13.9. The van der Waals surface area contributed by atoms with E-state index in [-0.39, 0.29) is 4.99 Å². The van der Waals surface area contributed by atoms with Crippen LogP contribution in [0.25, 0.3) is 11.0 Å². The summed E-state index contributed by atoms with van der Waals surface area (Å²) in [7, 11) is 0. The summed E-state index contributed by atoms with van der Waals surface area (Å²) in [6, 6.07) is 15.0. The zero-order chi connectivity index (χ0) is 14.8. The first-order chi connectivity index (χ1) is 10.1. The van der Waals surface area contributed by atoms with Gasteiger partial charge in [-0.25, -0.2) is 0 Å². The Morgan fingerprint density at radius 2 is 2.00 bits per heavy atom. The third-order valence-corrected chi connectivity index (χ3v) is 3.47. The third-order valence-electron chi connectivity index (χ3n) is 3.05. The molecule has 0 unspecified atom stereocenters. The Labute approximate surface area is 132 Å². The quantitative estimate of drug-likeness (QED) is 0.729. The fourth-order valence-corrected chi connectivity index (χ4v) is 2.46. The van der Waals surface area contributed by atoms with Crippen LogP contribution >= 0.6 is 23.8 Å². The van der Waals surface area contributed by atoms with E-state index in [1.165, 1.54) is 0 Å². The van der Waals surface area contributed by atoms with Gasteiger partial charge >= 0.3 is 0 Å². The van der Waals surface area contributed by atoms with Gasteiger partial charge in [0.2, 0.25) is 5.76 Å². The molecule has 0 spiro atoms. The zero-order valence-electron chi connectivity index (χ0n) is 11.0. The highest BCUT2D eigenvalue weighted by Crippen LogP contribution is 2.33. The van der Waals surface area contributed by atoms with E-state index in [1.54, 1.807) is 0 Å². The van der Waals surface area contributed by atoms with Crippen molar-refractivity contribution in [1.82, 2.24) is 0 Å². The van der Waals surface area contributed by atoms with Gasteiger partial charge in [0, 0.05) is 5.02 Å². The van der Waals surface area contributed by atoms with E-state index >= 15 is 0 Å². The van der Waals surface area contributed by atoms with Crippen molar-refractivity contribution in [3.63, 3.8) is 0 Å². The lowest BCUT2D eigenvalue weighted by Crippen LogP contribution is -2.10. The number of furan rings is 1. The van der Waals surface area contributed by atoms with Gasteiger partial charge in [0.25, 0.3) is 0 Å². The molecule has 0 saturated carbocycles. The summed E-state index contributed by atoms with van der Waals surface area (Å²) >= 11 is 11.0. The van der Waals surface area contributed by atoms with Gasteiger partial charge in [0.05, 0.1) is 5.39 Å². The first-order valence-electron chi connectivity index (χ1n) is 6.34. The summed E-state index contributed by atoms with van der Waals surface area (Å²) < 4.78 is 11.5. The lowest BCUT2D eigenvalue weighted by molar-refractivity contribution is 0.304. The topological polar surface area (TPSA) is 48.4 Å². The van der Waals surface area contributed by atoms with Crippen molar-refractivity contribution in [2.75, 3.05) is 0 Å². The maximum absolute atomic E-state index is 5.97. The van der Waals surface area contributed by atoms with Gasteiger partial charge in [-0.05, 0) is 29.8 Å². The molecule has 2 aromatic carbocycles. The number of nitrogens with two attached hydrogens (primary N) is 1. The summed E-state index contributed by atoms with van der Waals surface area (Å²) in [5.41, 5.74) is 7.36. The van der Waals surface area contributed by atoms with E-state index in [4.69, 9.17) is 38.7 Å². The fourth-order valence-electron chi connectivity index (χ4n) is 2.11. The minimum absolute atomic E-state index is 0.173. The lowest BCUT2D eigenvalue weighted by atomic mass is 10.2. The maximum Gasteiger partial charge on any atom is 0.204 e. The molecule has 106 valence electrons. The molecule has 3 aromatic rings. The molecule has 0 radical (unpaired) electrons. The minimum Gasteiger partial charge on any atom is -0.484 e. The Morgan fingerprint density at radius 1 is 1.19 bits per heavy atom. The standard InChI is InChI=1S/C16H12ClNO2S/c17-11-5-3-4-10(8-11)9-19-14-12-6-1-2-7-13(12)20-15(14)16(18)21/h1-8H,9H2,(H2,18,21). The summed E-state index contributed by atoms with van der Waals surface area (Å²) in [5.74, 6) is 0.964. The van der Waals surface area contributed by atoms with Crippen LogP contribution < -0.4 is 10.5 Å². The molecule has 1 aromatic heterocycles. The predicted octanol–water partition coefficient (Wildman–Crippen LogP) is 4.30. The van der Waals surface area contributed by atoms with Crippen LogP contribution in [0.4, 0.5) is 0 Å². The van der Waals surface area contributed by atoms with E-state index in [2.05, 4.69) is 0 Å². The molecule has 5 heteroatoms. The number of hydrogen-bond acceptors (Lipinski definition) is 3. The van der Waals surface area contributed by atoms with Crippen molar-refractivity contribution in [2.45, 2.75) is 6.61 Å². The molecule has 21 heavy (non-hydrogen) atoms. The maximum atomic E-state index is 5.97. The normalized spacial score (nSPS) is 10.7. The van der Waals surface area contributed by atoms with Gasteiger partial charge in [-0.15, -0.1) is 0 Å². The van der Waals surface area contributed by atoms with Crippen LogP contribution in [0.3, 0.4) is 0 Å². The summed E-state index contributed by atoms with van der Waals surface area (Å²) in [5, 5.41) is 1.52. The number of para-hydroxylation sites is 1. The van der Waals surface area contributed by atoms with E-state index < -0.39 is 0 Å². The Bertz CT molecular complexity index is 813. The molecule has 0 fully saturated rings. The molecular formula is C16H12ClNO2S. The minimum atomic E-state index is 0.173. The molecule has 0 bridgehead atoms. The molecule has 0 atom stereocenters. The molecule has 2 N–H and O–H groups in total. The molecular weight excluding hydrogens is 306 g/mol. The van der Waals surface area contributed by atoms with Gasteiger partial charge in [-0.1, -0.05) is 48.1 Å². The summed E-state index contributed by atoms with van der Waals surface area (Å²) in [6.07, 6.45) is 0. The number of halogens is 1. The highest BCUT2D eigenvalue weighted by atomic mass is 35.5. The first-order valence-corrected chi connectivity index (χ1v) is 7.12. The second-order valence-corrected chi connectivity index (χ2v) is 5.42. The van der Waals surface area contributed by atoms with Crippen molar-refractivity contribution >= 4 is 39.8 Å². The Kier molecular flexibility index (Phi) is 3.82. The number of thiocarbonyl (C=S) groups is 1. The van der Waals surface area contributed by atoms with E-state index in [1.807, 2.05) is 48.5 Å². The Hall–Kier alpha value is -2.04. The summed E-state index contributed by atoms with van der Waals surface area (Å²) in [4.78, 5) is 0.173. The van der Waals surface area contributed by atoms with Crippen LogP contribution in [0.2, 0.25) is 5.02 Å². The Balaban J connectivity index is 1.95. The lowest BCUT2D eigenvalue weighted by Gasteiger charge is -2.06. The number of hydrogen-bond donors (Lipinski definition) is 1. The number of fused-ring (bicyclic) bond motifs is 1. The highest BCUT2D eigenvalue weighted by molar-refractivity contribution is 7.80. The van der Waals surface area contributed by atoms with Crippen molar-refractivity contribution in [3.8, 4) is 5.75 Å². The molecule has 1 heterocycles. The van der Waals surface area contributed by atoms with Crippen molar-refractivity contribution < 1.29 is 9.15 Å². The smallest absolute Gasteiger partial charge is 0.204 e. The third kappa shape index (κ3) is 2.86. The molecule has 0 amide bonds. The van der Waals surface area contributed by atoms with Crippen molar-refractivity contribution in [1.29, 1.82) is 0 Å². The number of benzene rings is 2. The van der Waals surface area contributed by atoms with Crippen molar-refractivity contribution in [3.05, 3.63) is 64.9 Å². The SMILES string of the molecule is NC(=S)c1oc2ccccc2c1OCc1cccc(Cl)c1. The highest BCUT2D eigenvalue weighted by Gasteiger charge is 2.17. The molecule has 0 aliphatic carbocycles. The monoisotopic (exact) mass is 317 g/mol. The largest absolute Gasteiger partial charge is 0.484 e. The van der Waals surface area contributed by atoms with Crippen LogP contribution in [0, 0.1) is 0 Å². The summed E-state index contributed by atoms with van der Waals surface area (Å²) in [6.45, 7) is 0.361. The predicted molar refractivity (Wildman–Crippen MR) is 87.9 cm³/mol. The van der Waals surface area contributed by atoms with Gasteiger partial charge in [0.15, 0.2) is 5.75 Å². The van der Waals surface area contributed by atoms with E-state index in [9.17, 15) is 0 Å². The number of ether oxygens (including phenoxy) is 1. The van der Waals surface area contributed by atoms with Crippen LogP contribution in [-0.4, -0.2) is 4.99 Å². The van der Waals surface area contributed by atoms with Gasteiger partial charge < -0.3 is 14.9 Å². The van der Waals surface area contributed by atoms with Crippen LogP contribution in [-0.2, 0) is 6.61 Å². The average molecular weight is 318 g/mol. The molecule has 0 aliphatic rings. The van der Waals surface area contributed by atoms with Gasteiger partial charge in [-0.2, -0.15) is 0 Å². The second-order valence-electron chi connectivity index (χ2n) is 4.54. The fraction of sp³-hybridized carbons (Fsp3) is 0.0625. The van der Waals surface area contributed by atoms with Crippen LogP contribution in [0.15, 0.2) is 52.9 Å². The van der Waals surface area contributed by atoms with Gasteiger partial charge in [-0.3, -0.25) is 0 Å². The second kappa shape index (κ2) is 5.76. The van der Waals surface area contributed by atoms with E-state index in [0.717, 1.165) is 10.9 Å². The Morgan fingerprint density at radius 3 is 2.76 bits per heavy atom. The molecule has 3 nitrogen and oxygen atoms in total. The van der Waals surface area contributed by atoms with Crippen LogP contribution in [0.1, 0.15) is 11.3 Å². The van der Waals surface area contributed by atoms with Crippen LogP contribution in [0.5, 0.6) is 5.75 Å². The molecule has 0 saturated heterocycles. The van der Waals surface area contributed by atoms with Gasteiger partial charge in [0.1, 0.15) is 17.2 Å².